The van der Waals surface area contributed by atoms with Gasteiger partial charge in [-0.25, -0.2) is 0 Å². The third kappa shape index (κ3) is 68.4. The Labute approximate surface area is 369 Å². The van der Waals surface area contributed by atoms with E-state index in [4.69, 9.17) is 14.9 Å². The molecule has 0 aromatic heterocycles. The molecule has 0 amide bonds. The number of carbonyl (C=O) groups excluding carboxylic acids is 1. The number of carbonyl (C=O) groups is 3. The minimum absolute atomic E-state index is 0.0280. The topological polar surface area (TPSA) is 101 Å². The maximum absolute atomic E-state index is 11.3. The van der Waals surface area contributed by atoms with Gasteiger partial charge < -0.3 is 14.9 Å². The summed E-state index contributed by atoms with van der Waals surface area (Å²) < 4.78 is 5.10. The van der Waals surface area contributed by atoms with Crippen LogP contribution in [0.4, 0.5) is 0 Å². The van der Waals surface area contributed by atoms with E-state index in [1.807, 2.05) is 13.8 Å². The number of hydrogen-bond donors (Lipinski definition) is 2. The van der Waals surface area contributed by atoms with E-state index in [0.29, 0.717) is 19.3 Å². The molecule has 0 fully saturated rings. The van der Waals surface area contributed by atoms with E-state index < -0.39 is 11.9 Å². The molecule has 0 bridgehead atoms. The second-order valence-corrected chi connectivity index (χ2v) is 18.0. The Balaban J connectivity index is -0.000000798. The van der Waals surface area contributed by atoms with Crippen LogP contribution in [-0.4, -0.2) is 34.2 Å². The van der Waals surface area contributed by atoms with Crippen LogP contribution >= 0.6 is 0 Å². The van der Waals surface area contributed by atoms with Gasteiger partial charge in [-0.15, -0.1) is 0 Å². The Bertz CT molecular complexity index is 768. The first-order valence-electron chi connectivity index (χ1n) is 26.3. The third-order valence-electron chi connectivity index (χ3n) is 11.3. The Morgan fingerprint density at radius 2 is 0.475 bits per heavy atom. The average molecular weight is 839 g/mol. The molecule has 0 aromatic rings. The number of rotatable bonds is 45. The Morgan fingerprint density at radius 3 is 0.644 bits per heavy atom. The monoisotopic (exact) mass is 839 g/mol. The second-order valence-electron chi connectivity index (χ2n) is 18.0. The van der Waals surface area contributed by atoms with Crippen molar-refractivity contribution in [2.24, 2.45) is 0 Å². The number of carboxylic acids is 2. The van der Waals surface area contributed by atoms with Crippen LogP contribution in [0.25, 0.3) is 0 Å². The molecular weight excluding hydrogens is 733 g/mol. The molecule has 0 unspecified atom stereocenters. The summed E-state index contributed by atoms with van der Waals surface area (Å²) in [7, 11) is 0. The van der Waals surface area contributed by atoms with Gasteiger partial charge in [0.25, 0.3) is 0 Å². The summed E-state index contributed by atoms with van der Waals surface area (Å²) in [6.07, 6.45) is 55.5. The second kappa shape index (κ2) is 56.4. The maximum atomic E-state index is 11.3. The normalized spacial score (nSPS) is 10.9. The molecule has 0 spiro atoms. The molecule has 0 aliphatic carbocycles. The fourth-order valence-electron chi connectivity index (χ4n) is 7.55. The summed E-state index contributed by atoms with van der Waals surface area (Å²) in [5.41, 5.74) is 0. The summed E-state index contributed by atoms with van der Waals surface area (Å²) >= 11 is 0. The van der Waals surface area contributed by atoms with Crippen molar-refractivity contribution in [3.63, 3.8) is 0 Å². The van der Waals surface area contributed by atoms with E-state index in [1.165, 1.54) is 231 Å². The molecule has 0 aliphatic rings. The van der Waals surface area contributed by atoms with Crippen molar-refractivity contribution in [3.8, 4) is 0 Å². The van der Waals surface area contributed by atoms with Crippen LogP contribution in [0.3, 0.4) is 0 Å². The van der Waals surface area contributed by atoms with Crippen LogP contribution in [0, 0.1) is 0 Å². The number of carboxylic acid groups (broad SMARTS) is 2. The molecule has 59 heavy (non-hydrogen) atoms. The first-order valence-corrected chi connectivity index (χ1v) is 26.3. The van der Waals surface area contributed by atoms with Gasteiger partial charge in [-0.1, -0.05) is 265 Å². The number of hydrogen-bond acceptors (Lipinski definition) is 4. The summed E-state index contributed by atoms with van der Waals surface area (Å²) in [6.45, 7) is 10.6. The molecule has 0 atom stereocenters. The van der Waals surface area contributed by atoms with Crippen molar-refractivity contribution < 1.29 is 29.3 Å². The summed E-state index contributed by atoms with van der Waals surface area (Å²) in [5, 5.41) is 17.0. The Morgan fingerprint density at radius 1 is 0.305 bits per heavy atom. The van der Waals surface area contributed by atoms with Crippen LogP contribution in [-0.2, 0) is 19.1 Å². The minimum atomic E-state index is -0.653. The van der Waals surface area contributed by atoms with Crippen molar-refractivity contribution in [2.45, 2.75) is 323 Å². The van der Waals surface area contributed by atoms with Gasteiger partial charge in [-0.3, -0.25) is 14.4 Å². The van der Waals surface area contributed by atoms with Gasteiger partial charge in [0.15, 0.2) is 0 Å². The summed E-state index contributed by atoms with van der Waals surface area (Å²) in [5.74, 6) is -1.34. The predicted octanol–water partition coefficient (Wildman–Crippen LogP) is 18.3. The summed E-state index contributed by atoms with van der Waals surface area (Å²) in [6, 6.07) is 0. The number of ether oxygens (including phenoxy) is 1. The van der Waals surface area contributed by atoms with Crippen LogP contribution in [0.5, 0.6) is 0 Å². The average Bonchev–Trinajstić information content (AvgIpc) is 3.20. The van der Waals surface area contributed by atoms with Crippen molar-refractivity contribution in [1.82, 2.24) is 0 Å². The lowest BCUT2D eigenvalue weighted by molar-refractivity contribution is -0.147. The molecular formula is C53H106O6. The van der Waals surface area contributed by atoms with E-state index >= 15 is 0 Å². The number of esters is 1. The molecule has 6 nitrogen and oxygen atoms in total. The van der Waals surface area contributed by atoms with Gasteiger partial charge in [0, 0.05) is 19.3 Å². The van der Waals surface area contributed by atoms with Crippen molar-refractivity contribution in [2.75, 3.05) is 0 Å². The van der Waals surface area contributed by atoms with Gasteiger partial charge >= 0.3 is 17.9 Å². The molecule has 0 aliphatic heterocycles. The molecule has 0 heterocycles. The lowest BCUT2D eigenvalue weighted by Crippen LogP contribution is -2.10. The zero-order chi connectivity index (χ0) is 44.1. The maximum Gasteiger partial charge on any atom is 0.306 e. The van der Waals surface area contributed by atoms with Crippen molar-refractivity contribution in [3.05, 3.63) is 0 Å². The Kier molecular flexibility index (Phi) is 59.0. The summed E-state index contributed by atoms with van der Waals surface area (Å²) in [4.78, 5) is 32.0. The van der Waals surface area contributed by atoms with E-state index in [1.54, 1.807) is 0 Å². The van der Waals surface area contributed by atoms with Gasteiger partial charge in [0.2, 0.25) is 0 Å². The van der Waals surface area contributed by atoms with Crippen LogP contribution in [0.1, 0.15) is 317 Å². The Hall–Kier alpha value is -1.59. The molecule has 0 saturated heterocycles. The molecule has 0 saturated carbocycles. The van der Waals surface area contributed by atoms with Gasteiger partial charge in [-0.2, -0.15) is 0 Å². The largest absolute Gasteiger partial charge is 0.481 e. The number of aliphatic carboxylic acids is 2. The molecule has 6 heteroatoms. The lowest BCUT2D eigenvalue weighted by atomic mass is 10.0. The fraction of sp³-hybridized carbons (Fsp3) is 0.943. The van der Waals surface area contributed by atoms with E-state index in [2.05, 4.69) is 20.8 Å². The highest BCUT2D eigenvalue weighted by Crippen LogP contribution is 2.16. The first kappa shape index (κ1) is 61.7. The van der Waals surface area contributed by atoms with Crippen molar-refractivity contribution in [1.29, 1.82) is 0 Å². The fourth-order valence-corrected chi connectivity index (χ4v) is 7.55. The zero-order valence-electron chi connectivity index (χ0n) is 40.7. The molecule has 0 rings (SSSR count). The third-order valence-corrected chi connectivity index (χ3v) is 11.3. The smallest absolute Gasteiger partial charge is 0.306 e. The quantitative estimate of drug-likeness (QED) is 0.0468. The van der Waals surface area contributed by atoms with Crippen LogP contribution < -0.4 is 0 Å². The molecule has 2 N–H and O–H groups in total. The minimum Gasteiger partial charge on any atom is -0.481 e. The number of unbranched alkanes of at least 4 members (excludes halogenated alkanes) is 38. The van der Waals surface area contributed by atoms with Gasteiger partial charge in [0.05, 0.1) is 6.10 Å². The highest BCUT2D eigenvalue weighted by Gasteiger charge is 2.04. The highest BCUT2D eigenvalue weighted by molar-refractivity contribution is 5.69. The molecule has 0 aromatic carbocycles. The standard InChI is InChI=1S/2C18H36O2.C17H34O2/c2*1-2-3-4-5-6-7-8-9-10-11-12-13-14-15-16-17-18(19)20;1-4-5-6-7-8-9-10-11-12-13-14-15-17(18)19-16(2)3/h2*2-17H2,1H3,(H,19,20);16H,4-15H2,1-3H3. The zero-order valence-corrected chi connectivity index (χ0v) is 40.7. The van der Waals surface area contributed by atoms with E-state index in [0.717, 1.165) is 32.1 Å². The SMILES string of the molecule is CCCCCCCCCCCCCC(=O)OC(C)C.CCCCCCCCCCCCCCCCCC(=O)O.CCCCCCCCCCCCCCCCCC(=O)O. The van der Waals surface area contributed by atoms with Crippen molar-refractivity contribution >= 4 is 17.9 Å². The molecule has 354 valence electrons. The van der Waals surface area contributed by atoms with Gasteiger partial charge in [-0.05, 0) is 33.1 Å². The predicted molar refractivity (Wildman–Crippen MR) is 257 cm³/mol. The lowest BCUT2D eigenvalue weighted by Gasteiger charge is -2.07. The highest BCUT2D eigenvalue weighted by atomic mass is 16.5. The van der Waals surface area contributed by atoms with E-state index in [-0.39, 0.29) is 12.1 Å². The van der Waals surface area contributed by atoms with Gasteiger partial charge in [0.1, 0.15) is 0 Å². The van der Waals surface area contributed by atoms with Crippen LogP contribution in [0.15, 0.2) is 0 Å². The van der Waals surface area contributed by atoms with E-state index in [9.17, 15) is 14.4 Å². The van der Waals surface area contributed by atoms with Crippen LogP contribution in [0.2, 0.25) is 0 Å². The first-order chi connectivity index (χ1) is 28.7. The molecule has 0 radical (unpaired) electrons.